The van der Waals surface area contributed by atoms with Crippen molar-refractivity contribution >= 4 is 5.97 Å². The highest BCUT2D eigenvalue weighted by molar-refractivity contribution is 5.89. The molecule has 2 nitrogen and oxygen atoms in total. The average molecular weight is 209 g/mol. The van der Waals surface area contributed by atoms with Gasteiger partial charge in [-0.3, -0.25) is 0 Å². The van der Waals surface area contributed by atoms with Crippen LogP contribution >= 0.6 is 0 Å². The molecule has 0 amide bonds. The molecule has 0 spiro atoms. The Morgan fingerprint density at radius 2 is 2.40 bits per heavy atom. The van der Waals surface area contributed by atoms with Crippen molar-refractivity contribution in [2.24, 2.45) is 0 Å². The zero-order valence-corrected chi connectivity index (χ0v) is 8.92. The number of hydrogen-bond donors (Lipinski definition) is 0. The van der Waals surface area contributed by atoms with Crippen molar-refractivity contribution in [2.75, 3.05) is 0 Å². The van der Waals surface area contributed by atoms with Crippen LogP contribution in [0.3, 0.4) is 0 Å². The SMILES string of the molecule is CCCC(C)OC(=O)c1cc[c]cc1F. The van der Waals surface area contributed by atoms with Crippen LogP contribution in [0, 0.1) is 11.9 Å². The molecule has 1 aromatic rings. The molecule has 1 rings (SSSR count). The predicted octanol–water partition coefficient (Wildman–Crippen LogP) is 2.97. The Hall–Kier alpha value is -1.38. The third-order valence-corrected chi connectivity index (χ3v) is 2.04. The molecule has 1 unspecified atom stereocenters. The Morgan fingerprint density at radius 1 is 1.67 bits per heavy atom. The highest BCUT2D eigenvalue weighted by Gasteiger charge is 2.14. The number of benzene rings is 1. The van der Waals surface area contributed by atoms with Crippen LogP contribution in [-0.4, -0.2) is 12.1 Å². The summed E-state index contributed by atoms with van der Waals surface area (Å²) >= 11 is 0. The van der Waals surface area contributed by atoms with Crippen LogP contribution in [0.25, 0.3) is 0 Å². The Balaban J connectivity index is 2.65. The third-order valence-electron chi connectivity index (χ3n) is 2.04. The van der Waals surface area contributed by atoms with E-state index in [1.165, 1.54) is 12.1 Å². The summed E-state index contributed by atoms with van der Waals surface area (Å²) in [7, 11) is 0. The molecule has 0 aromatic heterocycles. The molecule has 0 aliphatic carbocycles. The molecule has 0 N–H and O–H groups in total. The van der Waals surface area contributed by atoms with Gasteiger partial charge in [0.1, 0.15) is 5.82 Å². The minimum atomic E-state index is -0.609. The molecule has 15 heavy (non-hydrogen) atoms. The number of carbonyl (C=O) groups excluding carboxylic acids is 1. The summed E-state index contributed by atoms with van der Waals surface area (Å²) in [5, 5.41) is 0. The summed E-state index contributed by atoms with van der Waals surface area (Å²) in [5.74, 6) is -1.20. The van der Waals surface area contributed by atoms with Crippen LogP contribution in [0.4, 0.5) is 4.39 Å². The van der Waals surface area contributed by atoms with Gasteiger partial charge in [-0.25, -0.2) is 9.18 Å². The molecule has 0 aliphatic heterocycles. The van der Waals surface area contributed by atoms with Crippen LogP contribution < -0.4 is 0 Å². The first-order chi connectivity index (χ1) is 7.15. The lowest BCUT2D eigenvalue weighted by atomic mass is 10.2. The molecule has 81 valence electrons. The average Bonchev–Trinajstić information content (AvgIpc) is 2.18. The quantitative estimate of drug-likeness (QED) is 0.712. The maximum Gasteiger partial charge on any atom is 0.341 e. The van der Waals surface area contributed by atoms with E-state index in [0.29, 0.717) is 0 Å². The number of halogens is 1. The van der Waals surface area contributed by atoms with E-state index in [2.05, 4.69) is 6.07 Å². The lowest BCUT2D eigenvalue weighted by Gasteiger charge is -2.12. The van der Waals surface area contributed by atoms with Crippen molar-refractivity contribution in [3.05, 3.63) is 35.6 Å². The summed E-state index contributed by atoms with van der Waals surface area (Å²) < 4.78 is 18.2. The van der Waals surface area contributed by atoms with E-state index in [1.807, 2.05) is 6.92 Å². The zero-order chi connectivity index (χ0) is 11.3. The number of ether oxygens (including phenoxy) is 1. The Bertz CT molecular complexity index is 336. The topological polar surface area (TPSA) is 26.3 Å². The second kappa shape index (κ2) is 5.49. The van der Waals surface area contributed by atoms with E-state index in [9.17, 15) is 9.18 Å². The monoisotopic (exact) mass is 209 g/mol. The zero-order valence-electron chi connectivity index (χ0n) is 8.92. The summed E-state index contributed by atoms with van der Waals surface area (Å²) in [4.78, 5) is 11.5. The molecule has 0 saturated heterocycles. The molecule has 0 aliphatic rings. The molecule has 1 aromatic carbocycles. The maximum absolute atomic E-state index is 13.1. The van der Waals surface area contributed by atoms with E-state index in [1.54, 1.807) is 6.92 Å². The second-order valence-corrected chi connectivity index (χ2v) is 3.41. The molecular weight excluding hydrogens is 195 g/mol. The molecule has 3 heteroatoms. The minimum absolute atomic E-state index is 0.0308. The molecule has 0 saturated carbocycles. The van der Waals surface area contributed by atoms with Gasteiger partial charge in [0.05, 0.1) is 11.7 Å². The number of hydrogen-bond acceptors (Lipinski definition) is 2. The van der Waals surface area contributed by atoms with Crippen molar-refractivity contribution in [3.8, 4) is 0 Å². The summed E-state index contributed by atoms with van der Waals surface area (Å²) in [6, 6.07) is 6.54. The first-order valence-electron chi connectivity index (χ1n) is 5.01. The lowest BCUT2D eigenvalue weighted by molar-refractivity contribution is 0.0318. The van der Waals surface area contributed by atoms with Crippen LogP contribution in [-0.2, 0) is 4.74 Å². The minimum Gasteiger partial charge on any atom is -0.459 e. The van der Waals surface area contributed by atoms with Gasteiger partial charge < -0.3 is 4.74 Å². The maximum atomic E-state index is 13.1. The van der Waals surface area contributed by atoms with Crippen LogP contribution in [0.1, 0.15) is 37.0 Å². The fourth-order valence-electron chi connectivity index (χ4n) is 1.29. The molecule has 1 atom stereocenters. The number of carbonyl (C=O) groups is 1. The highest BCUT2D eigenvalue weighted by Crippen LogP contribution is 2.10. The predicted molar refractivity (Wildman–Crippen MR) is 55.0 cm³/mol. The summed E-state index contributed by atoms with van der Waals surface area (Å²) in [6.45, 7) is 3.80. The van der Waals surface area contributed by atoms with Gasteiger partial charge in [0.15, 0.2) is 0 Å². The van der Waals surface area contributed by atoms with Gasteiger partial charge in [-0.15, -0.1) is 0 Å². The molecular formula is C12H14FO2. The first-order valence-corrected chi connectivity index (χ1v) is 5.01. The Labute approximate surface area is 89.1 Å². The van der Waals surface area contributed by atoms with E-state index in [-0.39, 0.29) is 11.7 Å². The first kappa shape index (κ1) is 11.7. The fraction of sp³-hybridized carbons (Fsp3) is 0.417. The standard InChI is InChI=1S/C12H14FO2/c1-3-6-9(2)15-12(14)10-7-4-5-8-11(10)13/h4,7-9H,3,6H2,1-2H3. The van der Waals surface area contributed by atoms with Gasteiger partial charge in [-0.05, 0) is 31.5 Å². The van der Waals surface area contributed by atoms with Gasteiger partial charge in [-0.1, -0.05) is 19.4 Å². The van der Waals surface area contributed by atoms with Crippen molar-refractivity contribution < 1.29 is 13.9 Å². The molecule has 0 fully saturated rings. The number of esters is 1. The lowest BCUT2D eigenvalue weighted by Crippen LogP contribution is -2.15. The molecule has 0 bridgehead atoms. The third kappa shape index (κ3) is 3.35. The Morgan fingerprint density at radius 3 is 3.00 bits per heavy atom. The van der Waals surface area contributed by atoms with Crippen LogP contribution in [0.15, 0.2) is 18.2 Å². The highest BCUT2D eigenvalue weighted by atomic mass is 19.1. The summed E-state index contributed by atoms with van der Waals surface area (Å²) in [6.07, 6.45) is 1.54. The van der Waals surface area contributed by atoms with Crippen molar-refractivity contribution in [3.63, 3.8) is 0 Å². The van der Waals surface area contributed by atoms with E-state index in [4.69, 9.17) is 4.74 Å². The second-order valence-electron chi connectivity index (χ2n) is 3.41. The molecule has 0 heterocycles. The van der Waals surface area contributed by atoms with E-state index >= 15 is 0 Å². The number of rotatable bonds is 4. The van der Waals surface area contributed by atoms with Crippen LogP contribution in [0.2, 0.25) is 0 Å². The van der Waals surface area contributed by atoms with Gasteiger partial charge in [-0.2, -0.15) is 0 Å². The normalized spacial score (nSPS) is 12.2. The van der Waals surface area contributed by atoms with Gasteiger partial charge in [0, 0.05) is 0 Å². The van der Waals surface area contributed by atoms with Gasteiger partial charge >= 0.3 is 5.97 Å². The summed E-state index contributed by atoms with van der Waals surface area (Å²) in [5.41, 5.74) is -0.0308. The Kier molecular flexibility index (Phi) is 4.28. The van der Waals surface area contributed by atoms with E-state index in [0.717, 1.165) is 18.9 Å². The largest absolute Gasteiger partial charge is 0.459 e. The van der Waals surface area contributed by atoms with Crippen molar-refractivity contribution in [1.82, 2.24) is 0 Å². The van der Waals surface area contributed by atoms with Crippen molar-refractivity contribution in [1.29, 1.82) is 0 Å². The molecule has 1 radical (unpaired) electrons. The fourth-order valence-corrected chi connectivity index (χ4v) is 1.29. The van der Waals surface area contributed by atoms with Crippen LogP contribution in [0.5, 0.6) is 0 Å². The van der Waals surface area contributed by atoms with Gasteiger partial charge in [0.2, 0.25) is 0 Å². The van der Waals surface area contributed by atoms with Gasteiger partial charge in [0.25, 0.3) is 0 Å². The smallest absolute Gasteiger partial charge is 0.341 e. The van der Waals surface area contributed by atoms with Crippen molar-refractivity contribution in [2.45, 2.75) is 32.8 Å². The van der Waals surface area contributed by atoms with E-state index < -0.39 is 11.8 Å².